The molecule has 3 N–H and O–H groups in total. The van der Waals surface area contributed by atoms with Gasteiger partial charge in [-0.3, -0.25) is 20.4 Å². The highest BCUT2D eigenvalue weighted by atomic mass is 16.5. The molecule has 3 rings (SSSR count). The average molecular weight is 410 g/mol. The largest absolute Gasteiger partial charge is 0.497 e. The van der Waals surface area contributed by atoms with Gasteiger partial charge in [0, 0.05) is 11.8 Å². The Morgan fingerprint density at radius 2 is 1.73 bits per heavy atom. The number of piperazine rings is 1. The fourth-order valence-electron chi connectivity index (χ4n) is 3.38. The van der Waals surface area contributed by atoms with E-state index >= 15 is 0 Å². The molecule has 1 aliphatic rings. The Hall–Kier alpha value is -3.32. The van der Waals surface area contributed by atoms with Crippen LogP contribution in [0.4, 0.5) is 5.69 Å². The molecule has 30 heavy (non-hydrogen) atoms. The van der Waals surface area contributed by atoms with Crippen LogP contribution in [0.1, 0.15) is 12.0 Å². The second-order valence-corrected chi connectivity index (χ2v) is 7.22. The third-order valence-electron chi connectivity index (χ3n) is 5.17. The molecule has 1 heterocycles. The van der Waals surface area contributed by atoms with Gasteiger partial charge >= 0.3 is 0 Å². The van der Waals surface area contributed by atoms with Crippen LogP contribution in [0.3, 0.4) is 0 Å². The lowest BCUT2D eigenvalue weighted by molar-refractivity contribution is -0.900. The smallest absolute Gasteiger partial charge is 0.262 e. The molecule has 0 bridgehead atoms. The van der Waals surface area contributed by atoms with Gasteiger partial charge in [0.15, 0.2) is 0 Å². The maximum absolute atomic E-state index is 12.0. The summed E-state index contributed by atoms with van der Waals surface area (Å²) in [5, 5.41) is 0. The number of nitrogens with one attached hydrogen (secondary N) is 3. The number of para-hydroxylation sites is 1. The van der Waals surface area contributed by atoms with E-state index in [4.69, 9.17) is 4.74 Å². The SMILES string of the molecule is COc1ccc(/C=C/C(=O)NNC(=O)CC[NH+]2CCN(c3ccccc3)CC2)cc1. The zero-order valence-electron chi connectivity index (χ0n) is 17.3. The van der Waals surface area contributed by atoms with E-state index in [9.17, 15) is 9.59 Å². The minimum Gasteiger partial charge on any atom is -0.497 e. The molecule has 1 saturated heterocycles. The molecule has 0 saturated carbocycles. The highest BCUT2D eigenvalue weighted by Crippen LogP contribution is 2.13. The van der Waals surface area contributed by atoms with Crippen molar-refractivity contribution in [2.75, 3.05) is 44.7 Å². The van der Waals surface area contributed by atoms with E-state index < -0.39 is 0 Å². The van der Waals surface area contributed by atoms with Gasteiger partial charge in [0.1, 0.15) is 5.75 Å². The summed E-state index contributed by atoms with van der Waals surface area (Å²) in [6, 6.07) is 17.7. The lowest BCUT2D eigenvalue weighted by Gasteiger charge is -2.33. The highest BCUT2D eigenvalue weighted by Gasteiger charge is 2.20. The molecule has 0 radical (unpaired) electrons. The number of methoxy groups -OCH3 is 1. The maximum Gasteiger partial charge on any atom is 0.262 e. The molecule has 158 valence electrons. The Morgan fingerprint density at radius 1 is 1.03 bits per heavy atom. The lowest BCUT2D eigenvalue weighted by atomic mass is 10.2. The highest BCUT2D eigenvalue weighted by molar-refractivity contribution is 5.93. The van der Waals surface area contributed by atoms with E-state index in [1.165, 1.54) is 16.7 Å². The molecule has 0 atom stereocenters. The summed E-state index contributed by atoms with van der Waals surface area (Å²) >= 11 is 0. The molecule has 1 fully saturated rings. The van der Waals surface area contributed by atoms with Crippen molar-refractivity contribution >= 4 is 23.6 Å². The number of carbonyl (C=O) groups excluding carboxylic acids is 2. The maximum atomic E-state index is 12.0. The molecular weight excluding hydrogens is 380 g/mol. The van der Waals surface area contributed by atoms with Gasteiger partial charge in [0.25, 0.3) is 5.91 Å². The van der Waals surface area contributed by atoms with Crippen molar-refractivity contribution in [1.29, 1.82) is 0 Å². The van der Waals surface area contributed by atoms with Gasteiger partial charge in [-0.15, -0.1) is 0 Å². The molecule has 0 spiro atoms. The van der Waals surface area contributed by atoms with Crippen LogP contribution < -0.4 is 25.4 Å². The fourth-order valence-corrected chi connectivity index (χ4v) is 3.38. The van der Waals surface area contributed by atoms with Crippen LogP contribution >= 0.6 is 0 Å². The van der Waals surface area contributed by atoms with Crippen LogP contribution in [-0.4, -0.2) is 51.6 Å². The normalized spacial score (nSPS) is 14.5. The molecular formula is C23H29N4O3+. The van der Waals surface area contributed by atoms with Crippen molar-refractivity contribution in [2.45, 2.75) is 6.42 Å². The van der Waals surface area contributed by atoms with Crippen molar-refractivity contribution in [3.05, 3.63) is 66.2 Å². The van der Waals surface area contributed by atoms with Gasteiger partial charge in [0.2, 0.25) is 5.91 Å². The quantitative estimate of drug-likeness (QED) is 0.464. The zero-order chi connectivity index (χ0) is 21.2. The number of amides is 2. The average Bonchev–Trinajstić information content (AvgIpc) is 2.81. The molecule has 2 aromatic rings. The summed E-state index contributed by atoms with van der Waals surface area (Å²) in [4.78, 5) is 27.7. The molecule has 2 amide bonds. The second-order valence-electron chi connectivity index (χ2n) is 7.22. The lowest BCUT2D eigenvalue weighted by Crippen LogP contribution is -3.15. The van der Waals surface area contributed by atoms with E-state index in [0.29, 0.717) is 6.42 Å². The number of quaternary nitrogens is 1. The Kier molecular flexibility index (Phi) is 7.86. The Labute approximate surface area is 177 Å². The van der Waals surface area contributed by atoms with Gasteiger partial charge in [-0.25, -0.2) is 0 Å². The first-order valence-corrected chi connectivity index (χ1v) is 10.2. The van der Waals surface area contributed by atoms with Crippen molar-refractivity contribution in [3.8, 4) is 5.75 Å². The van der Waals surface area contributed by atoms with Crippen molar-refractivity contribution < 1.29 is 19.2 Å². The zero-order valence-corrected chi connectivity index (χ0v) is 17.3. The number of nitrogens with zero attached hydrogens (tertiary/aromatic N) is 1. The van der Waals surface area contributed by atoms with Crippen LogP contribution in [0.2, 0.25) is 0 Å². The summed E-state index contributed by atoms with van der Waals surface area (Å²) in [6.45, 7) is 4.71. The van der Waals surface area contributed by atoms with Crippen LogP contribution in [0.15, 0.2) is 60.7 Å². The first-order chi connectivity index (χ1) is 14.6. The summed E-state index contributed by atoms with van der Waals surface area (Å²) in [5.74, 6) is 0.203. The van der Waals surface area contributed by atoms with Gasteiger partial charge in [-0.05, 0) is 35.9 Å². The first-order valence-electron chi connectivity index (χ1n) is 10.2. The summed E-state index contributed by atoms with van der Waals surface area (Å²) in [7, 11) is 1.60. The van der Waals surface area contributed by atoms with Crippen molar-refractivity contribution in [1.82, 2.24) is 10.9 Å². The molecule has 7 nitrogen and oxygen atoms in total. The molecule has 0 unspecified atom stereocenters. The topological polar surface area (TPSA) is 75.1 Å². The number of hydrazine groups is 1. The summed E-state index contributed by atoms with van der Waals surface area (Å²) in [6.07, 6.45) is 3.44. The summed E-state index contributed by atoms with van der Waals surface area (Å²) < 4.78 is 5.10. The van der Waals surface area contributed by atoms with E-state index in [1.54, 1.807) is 13.2 Å². The predicted octanol–water partition coefficient (Wildman–Crippen LogP) is 0.651. The van der Waals surface area contributed by atoms with E-state index in [2.05, 4.69) is 40.0 Å². The van der Waals surface area contributed by atoms with Crippen LogP contribution in [-0.2, 0) is 9.59 Å². The van der Waals surface area contributed by atoms with E-state index in [0.717, 1.165) is 44.0 Å². The second kappa shape index (κ2) is 11.0. The van der Waals surface area contributed by atoms with E-state index in [-0.39, 0.29) is 11.8 Å². The standard InChI is InChI=1S/C23H28N4O3/c1-30-21-10-7-19(8-11-21)9-12-22(28)24-25-23(29)13-14-26-15-17-27(18-16-26)20-5-3-2-4-6-20/h2-12H,13-18H2,1H3,(H,24,28)(H,25,29)/p+1/b12-9+. The number of anilines is 1. The molecule has 7 heteroatoms. The predicted molar refractivity (Wildman–Crippen MR) is 117 cm³/mol. The minimum atomic E-state index is -0.372. The molecule has 0 aliphatic carbocycles. The van der Waals surface area contributed by atoms with Gasteiger partial charge in [-0.1, -0.05) is 30.3 Å². The van der Waals surface area contributed by atoms with Crippen molar-refractivity contribution in [2.24, 2.45) is 0 Å². The van der Waals surface area contributed by atoms with Gasteiger partial charge in [0.05, 0.1) is 46.3 Å². The molecule has 2 aromatic carbocycles. The third-order valence-corrected chi connectivity index (χ3v) is 5.17. The van der Waals surface area contributed by atoms with Crippen molar-refractivity contribution in [3.63, 3.8) is 0 Å². The number of benzene rings is 2. The fraction of sp³-hybridized carbons (Fsp3) is 0.304. The van der Waals surface area contributed by atoms with Crippen LogP contribution in [0, 0.1) is 0 Å². The van der Waals surface area contributed by atoms with Crippen LogP contribution in [0.25, 0.3) is 6.08 Å². The Morgan fingerprint density at radius 3 is 2.40 bits per heavy atom. The number of ether oxygens (including phenoxy) is 1. The van der Waals surface area contributed by atoms with E-state index in [1.807, 2.05) is 30.3 Å². The number of carbonyl (C=O) groups is 2. The number of hydrogen-bond donors (Lipinski definition) is 3. The molecule has 1 aliphatic heterocycles. The Balaban J connectivity index is 1.32. The summed E-state index contributed by atoms with van der Waals surface area (Å²) in [5.41, 5.74) is 7.02. The number of rotatable bonds is 7. The van der Waals surface area contributed by atoms with Crippen LogP contribution in [0.5, 0.6) is 5.75 Å². The first kappa shape index (κ1) is 21.4. The monoisotopic (exact) mass is 409 g/mol. The van der Waals surface area contributed by atoms with Gasteiger partial charge in [-0.2, -0.15) is 0 Å². The molecule has 0 aromatic heterocycles. The third kappa shape index (κ3) is 6.63. The Bertz CT molecular complexity index is 845. The van der Waals surface area contributed by atoms with Gasteiger partial charge < -0.3 is 14.5 Å². The number of hydrogen-bond acceptors (Lipinski definition) is 4. The minimum absolute atomic E-state index is 0.181.